The number of thioether (sulfide) groups is 1. The summed E-state index contributed by atoms with van der Waals surface area (Å²) in [5, 5.41) is 16.5. The lowest BCUT2D eigenvalue weighted by Crippen LogP contribution is -2.12. The van der Waals surface area contributed by atoms with Crippen molar-refractivity contribution in [3.63, 3.8) is 0 Å². The highest BCUT2D eigenvalue weighted by atomic mass is 32.2. The summed E-state index contributed by atoms with van der Waals surface area (Å²) in [5.74, 6) is 6.78. The summed E-state index contributed by atoms with van der Waals surface area (Å²) in [7, 11) is 0. The molecule has 1 atom stereocenters. The smallest absolute Gasteiger partial charge is 0.247 e. The summed E-state index contributed by atoms with van der Waals surface area (Å²) in [6.07, 6.45) is 0. The van der Waals surface area contributed by atoms with Gasteiger partial charge in [-0.05, 0) is 31.2 Å². The fraction of sp³-hybridized carbons (Fsp3) is 0.111. The van der Waals surface area contributed by atoms with Crippen molar-refractivity contribution >= 4 is 11.8 Å². The summed E-state index contributed by atoms with van der Waals surface area (Å²) < 4.78 is 21.0. The average Bonchev–Trinajstić information content (AvgIpc) is 3.31. The number of halogens is 1. The molecule has 9 heteroatoms. The lowest BCUT2D eigenvalue weighted by Gasteiger charge is -2.07. The van der Waals surface area contributed by atoms with Gasteiger partial charge in [-0.2, -0.15) is 0 Å². The van der Waals surface area contributed by atoms with Crippen molar-refractivity contribution in [3.8, 4) is 22.8 Å². The van der Waals surface area contributed by atoms with Gasteiger partial charge in [0.25, 0.3) is 0 Å². The van der Waals surface area contributed by atoms with Crippen LogP contribution in [0.25, 0.3) is 22.8 Å². The molecule has 0 fully saturated rings. The predicted octanol–water partition coefficient (Wildman–Crippen LogP) is 3.70. The van der Waals surface area contributed by atoms with E-state index in [1.807, 2.05) is 37.3 Å². The monoisotopic (exact) mass is 382 g/mol. The molecule has 0 spiro atoms. The Bertz CT molecular complexity index is 1060. The molecule has 2 aromatic carbocycles. The quantitative estimate of drug-likeness (QED) is 0.415. The van der Waals surface area contributed by atoms with Crippen molar-refractivity contribution in [2.24, 2.45) is 0 Å². The molecule has 0 saturated carbocycles. The van der Waals surface area contributed by atoms with E-state index in [0.717, 1.165) is 5.56 Å². The molecule has 0 radical (unpaired) electrons. The molecule has 0 saturated heterocycles. The number of nitrogens with two attached hydrogens (primary N) is 1. The van der Waals surface area contributed by atoms with Gasteiger partial charge in [0.05, 0.1) is 10.8 Å². The van der Waals surface area contributed by atoms with Crippen LogP contribution in [0.1, 0.15) is 18.1 Å². The van der Waals surface area contributed by atoms with E-state index in [-0.39, 0.29) is 16.6 Å². The van der Waals surface area contributed by atoms with Crippen molar-refractivity contribution in [3.05, 3.63) is 66.3 Å². The Labute approximate surface area is 158 Å². The highest BCUT2D eigenvalue weighted by Gasteiger charge is 2.21. The van der Waals surface area contributed by atoms with Crippen LogP contribution in [-0.2, 0) is 0 Å². The minimum Gasteiger partial charge on any atom is -0.419 e. The Morgan fingerprint density at radius 1 is 1.00 bits per heavy atom. The summed E-state index contributed by atoms with van der Waals surface area (Å²) in [6.45, 7) is 1.89. The molecule has 27 heavy (non-hydrogen) atoms. The Morgan fingerprint density at radius 3 is 2.52 bits per heavy atom. The summed E-state index contributed by atoms with van der Waals surface area (Å²) in [5.41, 5.74) is 1.13. The molecule has 0 aliphatic carbocycles. The number of nitrogen functional groups attached to an aromatic ring is 1. The lowest BCUT2D eigenvalue weighted by atomic mass is 10.2. The molecule has 2 heterocycles. The van der Waals surface area contributed by atoms with Gasteiger partial charge in [0.1, 0.15) is 5.82 Å². The first-order valence-corrected chi connectivity index (χ1v) is 9.02. The topological polar surface area (TPSA) is 95.7 Å². The first kappa shape index (κ1) is 17.2. The molecule has 0 aliphatic heterocycles. The van der Waals surface area contributed by atoms with Crippen LogP contribution in [0.2, 0.25) is 0 Å². The van der Waals surface area contributed by atoms with Crippen LogP contribution in [0.15, 0.2) is 64.2 Å². The van der Waals surface area contributed by atoms with Gasteiger partial charge < -0.3 is 10.3 Å². The highest BCUT2D eigenvalue weighted by Crippen LogP contribution is 2.35. The maximum Gasteiger partial charge on any atom is 0.247 e. The van der Waals surface area contributed by atoms with Gasteiger partial charge in [-0.15, -0.1) is 20.4 Å². The molecule has 0 amide bonds. The number of rotatable bonds is 5. The molecule has 4 rings (SSSR count). The van der Waals surface area contributed by atoms with Gasteiger partial charge in [-0.1, -0.05) is 42.1 Å². The Hall–Kier alpha value is -3.20. The van der Waals surface area contributed by atoms with Crippen LogP contribution >= 0.6 is 11.8 Å². The third kappa shape index (κ3) is 3.41. The molecular formula is C18H15FN6OS. The van der Waals surface area contributed by atoms with E-state index in [0.29, 0.717) is 16.9 Å². The maximum atomic E-state index is 14.0. The van der Waals surface area contributed by atoms with Gasteiger partial charge in [0.15, 0.2) is 5.82 Å². The van der Waals surface area contributed by atoms with Gasteiger partial charge in [-0.3, -0.25) is 0 Å². The third-order valence-corrected chi connectivity index (χ3v) is 4.91. The normalized spacial score (nSPS) is 12.2. The first-order chi connectivity index (χ1) is 13.1. The van der Waals surface area contributed by atoms with Crippen molar-refractivity contribution in [2.75, 3.05) is 5.84 Å². The SMILES string of the molecule is C[C@@H](Sc1nnc(-c2ccccc2F)n1N)c1nnc(-c2ccccc2)o1. The molecular weight excluding hydrogens is 367 g/mol. The number of benzene rings is 2. The lowest BCUT2D eigenvalue weighted by molar-refractivity contribution is 0.509. The van der Waals surface area contributed by atoms with Crippen LogP contribution in [0.4, 0.5) is 4.39 Å². The fourth-order valence-electron chi connectivity index (χ4n) is 2.49. The van der Waals surface area contributed by atoms with Gasteiger partial charge in [-0.25, -0.2) is 9.07 Å². The number of nitrogens with zero attached hydrogens (tertiary/aromatic N) is 5. The second-order valence-corrected chi connectivity index (χ2v) is 7.04. The number of hydrogen-bond acceptors (Lipinski definition) is 7. The molecule has 7 nitrogen and oxygen atoms in total. The van der Waals surface area contributed by atoms with E-state index in [9.17, 15) is 4.39 Å². The molecule has 4 aromatic rings. The van der Waals surface area contributed by atoms with E-state index in [2.05, 4.69) is 20.4 Å². The summed E-state index contributed by atoms with van der Waals surface area (Å²) in [4.78, 5) is 0. The molecule has 0 bridgehead atoms. The van der Waals surface area contributed by atoms with E-state index in [4.69, 9.17) is 10.3 Å². The second kappa shape index (κ2) is 7.20. The molecule has 2 N–H and O–H groups in total. The standard InChI is InChI=1S/C18H15FN6OS/c1-11(16-22-23-17(26-16)12-7-3-2-4-8-12)27-18-24-21-15(25(18)20)13-9-5-6-10-14(13)19/h2-11H,20H2,1H3/t11-/m1/s1. The molecule has 0 aliphatic rings. The summed E-state index contributed by atoms with van der Waals surface area (Å²) >= 11 is 1.30. The fourth-order valence-corrected chi connectivity index (χ4v) is 3.29. The predicted molar refractivity (Wildman–Crippen MR) is 99.6 cm³/mol. The number of hydrogen-bond donors (Lipinski definition) is 1. The minimum absolute atomic E-state index is 0.213. The molecule has 2 aromatic heterocycles. The van der Waals surface area contributed by atoms with E-state index >= 15 is 0 Å². The molecule has 136 valence electrons. The van der Waals surface area contributed by atoms with E-state index in [1.165, 1.54) is 22.5 Å². The highest BCUT2D eigenvalue weighted by molar-refractivity contribution is 7.99. The van der Waals surface area contributed by atoms with E-state index < -0.39 is 5.82 Å². The largest absolute Gasteiger partial charge is 0.419 e. The average molecular weight is 382 g/mol. The Kier molecular flexibility index (Phi) is 4.59. The number of aromatic nitrogens is 5. The van der Waals surface area contributed by atoms with Crippen molar-refractivity contribution in [1.82, 2.24) is 25.1 Å². The second-order valence-electron chi connectivity index (χ2n) is 5.73. The third-order valence-electron chi connectivity index (χ3n) is 3.87. The van der Waals surface area contributed by atoms with Gasteiger partial charge >= 0.3 is 0 Å². The van der Waals surface area contributed by atoms with Crippen molar-refractivity contribution in [1.29, 1.82) is 0 Å². The van der Waals surface area contributed by atoms with Crippen LogP contribution in [0, 0.1) is 5.82 Å². The first-order valence-electron chi connectivity index (χ1n) is 8.14. The summed E-state index contributed by atoms with van der Waals surface area (Å²) in [6, 6.07) is 15.8. The van der Waals surface area contributed by atoms with E-state index in [1.54, 1.807) is 18.2 Å². The molecule has 0 unspecified atom stereocenters. The zero-order chi connectivity index (χ0) is 18.8. The Balaban J connectivity index is 1.55. The Morgan fingerprint density at radius 2 is 1.74 bits per heavy atom. The van der Waals surface area contributed by atoms with Crippen molar-refractivity contribution in [2.45, 2.75) is 17.3 Å². The maximum absolute atomic E-state index is 14.0. The van der Waals surface area contributed by atoms with Gasteiger partial charge in [0.2, 0.25) is 16.9 Å². The van der Waals surface area contributed by atoms with Gasteiger partial charge in [0, 0.05) is 5.56 Å². The van der Waals surface area contributed by atoms with Crippen LogP contribution in [0.3, 0.4) is 0 Å². The minimum atomic E-state index is -0.411. The van der Waals surface area contributed by atoms with Crippen LogP contribution in [-0.4, -0.2) is 25.1 Å². The zero-order valence-corrected chi connectivity index (χ0v) is 15.1. The van der Waals surface area contributed by atoms with Crippen molar-refractivity contribution < 1.29 is 8.81 Å². The zero-order valence-electron chi connectivity index (χ0n) is 14.3. The van der Waals surface area contributed by atoms with Crippen LogP contribution < -0.4 is 5.84 Å². The van der Waals surface area contributed by atoms with Crippen LogP contribution in [0.5, 0.6) is 0 Å².